The third-order valence-corrected chi connectivity index (χ3v) is 7.02. The van der Waals surface area contributed by atoms with Crippen LogP contribution in [-0.2, 0) is 14.3 Å². The van der Waals surface area contributed by atoms with Crippen molar-refractivity contribution in [2.45, 2.75) is 32.2 Å². The number of ether oxygens (including phenoxy) is 3. The zero-order valence-corrected chi connectivity index (χ0v) is 21.5. The highest BCUT2D eigenvalue weighted by atomic mass is 16.5. The molecule has 1 saturated heterocycles. The van der Waals surface area contributed by atoms with E-state index < -0.39 is 12.0 Å². The highest BCUT2D eigenvalue weighted by Crippen LogP contribution is 2.40. The standard InChI is InChI=1S/C26H36N4O6/c1-5-36-25(32)21-19(16-29-12-7-13-30(15-14-29)24(31)17-10-11-17)28(2)26(33)27-22(21)18-8-6-9-20(34-3)23(18)35-4/h6,8-9,17,22H,5,7,10-16H2,1-4H3,(H,27,33). The van der Waals surface area contributed by atoms with E-state index in [-0.39, 0.29) is 24.5 Å². The lowest BCUT2D eigenvalue weighted by molar-refractivity contribution is -0.139. The van der Waals surface area contributed by atoms with Gasteiger partial charge in [-0.05, 0) is 32.3 Å². The van der Waals surface area contributed by atoms with Gasteiger partial charge in [0.15, 0.2) is 11.5 Å². The Kier molecular flexibility index (Phi) is 8.03. The summed E-state index contributed by atoms with van der Waals surface area (Å²) in [5.41, 5.74) is 1.55. The monoisotopic (exact) mass is 500 g/mol. The third kappa shape index (κ3) is 5.28. The second kappa shape index (κ2) is 11.2. The Bertz CT molecular complexity index is 1040. The first-order chi connectivity index (χ1) is 17.4. The van der Waals surface area contributed by atoms with Gasteiger partial charge in [0.2, 0.25) is 5.91 Å². The molecular weight excluding hydrogens is 464 g/mol. The number of benzene rings is 1. The van der Waals surface area contributed by atoms with Gasteiger partial charge in [-0.2, -0.15) is 0 Å². The molecule has 0 radical (unpaired) electrons. The van der Waals surface area contributed by atoms with E-state index >= 15 is 0 Å². The number of carbonyl (C=O) groups excluding carboxylic acids is 3. The lowest BCUT2D eigenvalue weighted by atomic mass is 9.93. The van der Waals surface area contributed by atoms with E-state index in [0.717, 1.165) is 32.4 Å². The topological polar surface area (TPSA) is 101 Å². The fraction of sp³-hybridized carbons (Fsp3) is 0.577. The highest BCUT2D eigenvalue weighted by Gasteiger charge is 2.39. The maximum absolute atomic E-state index is 13.3. The molecule has 1 aromatic carbocycles. The highest BCUT2D eigenvalue weighted by molar-refractivity contribution is 5.95. The van der Waals surface area contributed by atoms with Gasteiger partial charge in [0.05, 0.1) is 32.4 Å². The van der Waals surface area contributed by atoms with Crippen molar-refractivity contribution in [2.75, 3.05) is 60.6 Å². The number of hydrogen-bond donors (Lipinski definition) is 1. The van der Waals surface area contributed by atoms with Crippen LogP contribution in [0, 0.1) is 5.92 Å². The fourth-order valence-electron chi connectivity index (χ4n) is 4.92. The lowest BCUT2D eigenvalue weighted by Crippen LogP contribution is -2.49. The second-order valence-corrected chi connectivity index (χ2v) is 9.33. The van der Waals surface area contributed by atoms with Crippen molar-refractivity contribution in [3.8, 4) is 11.5 Å². The molecule has 1 aliphatic carbocycles. The Hall–Kier alpha value is -3.27. The quantitative estimate of drug-likeness (QED) is 0.546. The molecule has 1 aromatic rings. The number of hydrogen-bond acceptors (Lipinski definition) is 7. The zero-order chi connectivity index (χ0) is 25.8. The summed E-state index contributed by atoms with van der Waals surface area (Å²) in [5, 5.41) is 2.94. The molecule has 2 heterocycles. The molecule has 3 amide bonds. The predicted octanol–water partition coefficient (Wildman–Crippen LogP) is 2.16. The van der Waals surface area contributed by atoms with Crippen molar-refractivity contribution < 1.29 is 28.6 Å². The SMILES string of the molecule is CCOC(=O)C1=C(CN2CCCN(C(=O)C3CC3)CC2)N(C)C(=O)NC1c1cccc(OC)c1OC. The van der Waals surface area contributed by atoms with Crippen LogP contribution in [0.25, 0.3) is 0 Å². The summed E-state index contributed by atoms with van der Waals surface area (Å²) in [6.45, 7) is 5.14. The molecule has 4 rings (SSSR count). The van der Waals surface area contributed by atoms with Crippen LogP contribution in [-0.4, -0.2) is 93.2 Å². The van der Waals surface area contributed by atoms with Gasteiger partial charge >= 0.3 is 12.0 Å². The fourth-order valence-corrected chi connectivity index (χ4v) is 4.92. The molecule has 2 aliphatic heterocycles. The summed E-state index contributed by atoms with van der Waals surface area (Å²) in [5.74, 6) is 0.902. The van der Waals surface area contributed by atoms with Crippen LogP contribution < -0.4 is 14.8 Å². The number of nitrogens with one attached hydrogen (secondary N) is 1. The number of methoxy groups -OCH3 is 2. The van der Waals surface area contributed by atoms with E-state index in [4.69, 9.17) is 14.2 Å². The molecule has 2 fully saturated rings. The smallest absolute Gasteiger partial charge is 0.338 e. The zero-order valence-electron chi connectivity index (χ0n) is 21.5. The van der Waals surface area contributed by atoms with Crippen molar-refractivity contribution in [3.05, 3.63) is 35.0 Å². The van der Waals surface area contributed by atoms with Gasteiger partial charge in [0.1, 0.15) is 0 Å². The molecule has 1 saturated carbocycles. The van der Waals surface area contributed by atoms with Gasteiger partial charge in [-0.25, -0.2) is 9.59 Å². The minimum atomic E-state index is -0.771. The molecular formula is C26H36N4O6. The second-order valence-electron chi connectivity index (χ2n) is 9.33. The van der Waals surface area contributed by atoms with Gasteiger partial charge in [0.25, 0.3) is 0 Å². The Morgan fingerprint density at radius 1 is 1.08 bits per heavy atom. The van der Waals surface area contributed by atoms with E-state index in [9.17, 15) is 14.4 Å². The first-order valence-corrected chi connectivity index (χ1v) is 12.6. The minimum absolute atomic E-state index is 0.196. The van der Waals surface area contributed by atoms with Crippen LogP contribution in [0.1, 0.15) is 37.8 Å². The van der Waals surface area contributed by atoms with E-state index in [0.29, 0.717) is 48.0 Å². The summed E-state index contributed by atoms with van der Waals surface area (Å²) in [6.07, 6.45) is 2.82. The minimum Gasteiger partial charge on any atom is -0.493 e. The first-order valence-electron chi connectivity index (χ1n) is 12.6. The molecule has 3 aliphatic rings. The molecule has 1 atom stereocenters. The molecule has 36 heavy (non-hydrogen) atoms. The van der Waals surface area contributed by atoms with Gasteiger partial charge in [-0.3, -0.25) is 14.6 Å². The molecule has 1 N–H and O–H groups in total. The van der Waals surface area contributed by atoms with Crippen molar-refractivity contribution in [1.82, 2.24) is 20.0 Å². The Balaban J connectivity index is 1.68. The average molecular weight is 501 g/mol. The van der Waals surface area contributed by atoms with Crippen LogP contribution in [0.15, 0.2) is 29.5 Å². The summed E-state index contributed by atoms with van der Waals surface area (Å²) in [7, 11) is 4.72. The van der Waals surface area contributed by atoms with E-state index in [1.54, 1.807) is 33.2 Å². The maximum Gasteiger partial charge on any atom is 0.338 e. The molecule has 0 spiro atoms. The van der Waals surface area contributed by atoms with Gasteiger partial charge in [-0.1, -0.05) is 12.1 Å². The largest absolute Gasteiger partial charge is 0.493 e. The summed E-state index contributed by atoms with van der Waals surface area (Å²) >= 11 is 0. The van der Waals surface area contributed by atoms with E-state index in [1.807, 2.05) is 11.0 Å². The Morgan fingerprint density at radius 3 is 2.53 bits per heavy atom. The van der Waals surface area contributed by atoms with Crippen LogP contribution in [0.3, 0.4) is 0 Å². The van der Waals surface area contributed by atoms with Crippen molar-refractivity contribution >= 4 is 17.9 Å². The van der Waals surface area contributed by atoms with Crippen molar-refractivity contribution in [3.63, 3.8) is 0 Å². The van der Waals surface area contributed by atoms with Crippen LogP contribution in [0.4, 0.5) is 4.79 Å². The van der Waals surface area contributed by atoms with Crippen LogP contribution >= 0.6 is 0 Å². The number of esters is 1. The van der Waals surface area contributed by atoms with Gasteiger partial charge in [-0.15, -0.1) is 0 Å². The van der Waals surface area contributed by atoms with E-state index in [2.05, 4.69) is 10.2 Å². The maximum atomic E-state index is 13.3. The number of likely N-dealkylation sites (N-methyl/N-ethyl adjacent to an activating group) is 1. The average Bonchev–Trinajstić information content (AvgIpc) is 3.74. The molecule has 0 aromatic heterocycles. The van der Waals surface area contributed by atoms with Crippen molar-refractivity contribution in [1.29, 1.82) is 0 Å². The molecule has 10 heteroatoms. The number of nitrogens with zero attached hydrogens (tertiary/aromatic N) is 3. The molecule has 1 unspecified atom stereocenters. The van der Waals surface area contributed by atoms with E-state index in [1.165, 1.54) is 12.0 Å². The normalized spacial score (nSPS) is 21.1. The van der Waals surface area contributed by atoms with Crippen LogP contribution in [0.5, 0.6) is 11.5 Å². The predicted molar refractivity (Wildman–Crippen MR) is 133 cm³/mol. The first kappa shape index (κ1) is 25.8. The number of carbonyl (C=O) groups is 3. The van der Waals surface area contributed by atoms with Gasteiger partial charge < -0.3 is 24.4 Å². The molecule has 0 bridgehead atoms. The van der Waals surface area contributed by atoms with Gasteiger partial charge in [0, 0.05) is 56.9 Å². The summed E-state index contributed by atoms with van der Waals surface area (Å²) in [4.78, 5) is 44.6. The van der Waals surface area contributed by atoms with Crippen molar-refractivity contribution in [2.24, 2.45) is 5.92 Å². The Labute approximate surface area is 212 Å². The lowest BCUT2D eigenvalue weighted by Gasteiger charge is -2.37. The summed E-state index contributed by atoms with van der Waals surface area (Å²) in [6, 6.07) is 4.27. The number of urea groups is 1. The number of rotatable bonds is 8. The number of amides is 3. The summed E-state index contributed by atoms with van der Waals surface area (Å²) < 4.78 is 16.5. The third-order valence-electron chi connectivity index (χ3n) is 7.02. The molecule has 196 valence electrons. The van der Waals surface area contributed by atoms with Crippen LogP contribution in [0.2, 0.25) is 0 Å². The molecule has 10 nitrogen and oxygen atoms in total. The Morgan fingerprint density at radius 2 is 1.86 bits per heavy atom. The number of para-hydroxylation sites is 1.